The van der Waals surface area contributed by atoms with Crippen molar-refractivity contribution < 1.29 is 17.9 Å². The van der Waals surface area contributed by atoms with Crippen LogP contribution in [-0.2, 0) is 4.74 Å². The van der Waals surface area contributed by atoms with Crippen LogP contribution in [-0.4, -0.2) is 93.5 Å². The molecule has 0 aromatic rings. The lowest BCUT2D eigenvalue weighted by atomic mass is 10.1. The molecule has 2 fully saturated rings. The van der Waals surface area contributed by atoms with Gasteiger partial charge in [0.15, 0.2) is 5.96 Å². The summed E-state index contributed by atoms with van der Waals surface area (Å²) in [6.45, 7) is 12.2. The smallest absolute Gasteiger partial charge is 0.374 e. The maximum absolute atomic E-state index is 12.5. The molecule has 2 aliphatic rings. The van der Waals surface area contributed by atoms with Crippen LogP contribution in [0.3, 0.4) is 0 Å². The number of halogens is 4. The normalized spacial score (nSPS) is 24.6. The number of alkyl halides is 3. The van der Waals surface area contributed by atoms with Crippen molar-refractivity contribution in [2.45, 2.75) is 39.5 Å². The second-order valence-electron chi connectivity index (χ2n) is 8.25. The summed E-state index contributed by atoms with van der Waals surface area (Å²) in [5.74, 6) is 1.51. The highest BCUT2D eigenvalue weighted by molar-refractivity contribution is 14.0. The van der Waals surface area contributed by atoms with Crippen LogP contribution in [0, 0.1) is 11.8 Å². The molecule has 0 aliphatic carbocycles. The Balaban J connectivity index is 0.00000420. The number of nitrogens with zero attached hydrogens (tertiary/aromatic N) is 3. The minimum absolute atomic E-state index is 0. The first-order valence-corrected chi connectivity index (χ1v) is 10.4. The Morgan fingerprint density at radius 3 is 2.59 bits per heavy atom. The van der Waals surface area contributed by atoms with Crippen molar-refractivity contribution >= 4 is 29.9 Å². The SMILES string of the molecule is CCNC(=NCC1CCN(CC(F)(F)F)C1)NCC1CN(CC(C)C)CCO1.I. The summed E-state index contributed by atoms with van der Waals surface area (Å²) in [4.78, 5) is 8.50. The van der Waals surface area contributed by atoms with Crippen molar-refractivity contribution in [3.63, 3.8) is 0 Å². The third-order valence-electron chi connectivity index (χ3n) is 4.97. The van der Waals surface area contributed by atoms with Gasteiger partial charge in [-0.25, -0.2) is 0 Å². The Labute approximate surface area is 190 Å². The monoisotopic (exact) mass is 535 g/mol. The van der Waals surface area contributed by atoms with Crippen LogP contribution >= 0.6 is 24.0 Å². The Morgan fingerprint density at radius 1 is 1.17 bits per heavy atom. The number of hydrogen-bond donors (Lipinski definition) is 2. The second-order valence-corrected chi connectivity index (χ2v) is 8.25. The predicted octanol–water partition coefficient (Wildman–Crippen LogP) is 2.40. The summed E-state index contributed by atoms with van der Waals surface area (Å²) in [5.41, 5.74) is 0. The molecule has 172 valence electrons. The van der Waals surface area contributed by atoms with Gasteiger partial charge in [0.2, 0.25) is 0 Å². The van der Waals surface area contributed by atoms with Crippen molar-refractivity contribution in [1.29, 1.82) is 0 Å². The maximum Gasteiger partial charge on any atom is 0.401 e. The molecule has 2 saturated heterocycles. The van der Waals surface area contributed by atoms with E-state index in [4.69, 9.17) is 4.74 Å². The van der Waals surface area contributed by atoms with E-state index in [-0.39, 0.29) is 36.0 Å². The third kappa shape index (κ3) is 11.0. The van der Waals surface area contributed by atoms with Gasteiger partial charge in [0.1, 0.15) is 0 Å². The number of rotatable bonds is 8. The maximum atomic E-state index is 12.5. The van der Waals surface area contributed by atoms with E-state index in [1.165, 1.54) is 4.90 Å². The van der Waals surface area contributed by atoms with Gasteiger partial charge in [0.05, 0.1) is 19.3 Å². The summed E-state index contributed by atoms with van der Waals surface area (Å²) in [5, 5.41) is 6.55. The van der Waals surface area contributed by atoms with E-state index >= 15 is 0 Å². The molecule has 2 atom stereocenters. The van der Waals surface area contributed by atoms with E-state index in [1.54, 1.807) is 0 Å². The molecule has 6 nitrogen and oxygen atoms in total. The largest absolute Gasteiger partial charge is 0.401 e. The minimum Gasteiger partial charge on any atom is -0.374 e. The van der Waals surface area contributed by atoms with Crippen LogP contribution in [0.5, 0.6) is 0 Å². The summed E-state index contributed by atoms with van der Waals surface area (Å²) < 4.78 is 43.4. The molecule has 0 saturated carbocycles. The van der Waals surface area contributed by atoms with Gasteiger partial charge in [-0.3, -0.25) is 14.8 Å². The zero-order valence-electron chi connectivity index (χ0n) is 17.8. The lowest BCUT2D eigenvalue weighted by molar-refractivity contribution is -0.143. The summed E-state index contributed by atoms with van der Waals surface area (Å²) in [6, 6.07) is 0. The third-order valence-corrected chi connectivity index (χ3v) is 4.97. The number of ether oxygens (including phenoxy) is 1. The topological polar surface area (TPSA) is 52.1 Å². The van der Waals surface area contributed by atoms with Crippen LogP contribution in [0.4, 0.5) is 13.2 Å². The van der Waals surface area contributed by atoms with Crippen molar-refractivity contribution in [2.75, 3.05) is 65.5 Å². The van der Waals surface area contributed by atoms with Gasteiger partial charge in [-0.1, -0.05) is 13.8 Å². The zero-order chi connectivity index (χ0) is 20.6. The van der Waals surface area contributed by atoms with Crippen LogP contribution in [0.15, 0.2) is 4.99 Å². The standard InChI is InChI=1S/C19H36F3N5O.HI/c1-4-23-18(24-9-16-5-6-27(12-16)14-19(20,21)22)25-10-17-13-26(7-8-28-17)11-15(2)3;/h15-17H,4-14H2,1-3H3,(H2,23,24,25);1H. The van der Waals surface area contributed by atoms with Gasteiger partial charge < -0.3 is 15.4 Å². The molecule has 2 N–H and O–H groups in total. The van der Waals surface area contributed by atoms with Gasteiger partial charge in [-0.2, -0.15) is 13.2 Å². The fourth-order valence-electron chi connectivity index (χ4n) is 3.82. The van der Waals surface area contributed by atoms with Crippen molar-refractivity contribution in [3.05, 3.63) is 0 Å². The summed E-state index contributed by atoms with van der Waals surface area (Å²) in [6.07, 6.45) is -3.25. The molecule has 0 aromatic carbocycles. The molecule has 2 unspecified atom stereocenters. The molecule has 0 bridgehead atoms. The number of morpholine rings is 1. The fourth-order valence-corrected chi connectivity index (χ4v) is 3.82. The van der Waals surface area contributed by atoms with Gasteiger partial charge in [0.25, 0.3) is 0 Å². The molecule has 10 heteroatoms. The van der Waals surface area contributed by atoms with Crippen molar-refractivity contribution in [1.82, 2.24) is 20.4 Å². The Kier molecular flexibility index (Phi) is 12.1. The highest BCUT2D eigenvalue weighted by Gasteiger charge is 2.34. The number of guanidine groups is 1. The zero-order valence-corrected chi connectivity index (χ0v) is 20.1. The molecule has 2 aliphatic heterocycles. The van der Waals surface area contributed by atoms with E-state index in [2.05, 4.69) is 34.4 Å². The van der Waals surface area contributed by atoms with E-state index in [0.717, 1.165) is 39.2 Å². The van der Waals surface area contributed by atoms with Crippen molar-refractivity contribution in [3.8, 4) is 0 Å². The van der Waals surface area contributed by atoms with Gasteiger partial charge >= 0.3 is 6.18 Å². The van der Waals surface area contributed by atoms with E-state index in [1.807, 2.05) is 6.92 Å². The Bertz CT molecular complexity index is 493. The molecule has 29 heavy (non-hydrogen) atoms. The van der Waals surface area contributed by atoms with E-state index in [0.29, 0.717) is 38.1 Å². The molecule has 0 aromatic heterocycles. The van der Waals surface area contributed by atoms with E-state index in [9.17, 15) is 13.2 Å². The average Bonchev–Trinajstić information content (AvgIpc) is 3.02. The first kappa shape index (κ1) is 26.7. The summed E-state index contributed by atoms with van der Waals surface area (Å²) in [7, 11) is 0. The van der Waals surface area contributed by atoms with Crippen molar-refractivity contribution in [2.24, 2.45) is 16.8 Å². The molecule has 0 spiro atoms. The van der Waals surface area contributed by atoms with Gasteiger partial charge in [-0.15, -0.1) is 24.0 Å². The van der Waals surface area contributed by atoms with E-state index < -0.39 is 12.7 Å². The van der Waals surface area contributed by atoms with Crippen LogP contribution in [0.1, 0.15) is 27.2 Å². The highest BCUT2D eigenvalue weighted by Crippen LogP contribution is 2.22. The molecule has 2 heterocycles. The lowest BCUT2D eigenvalue weighted by Gasteiger charge is -2.34. The molecule has 2 rings (SSSR count). The Hall–Kier alpha value is -0.330. The number of hydrogen-bond acceptors (Lipinski definition) is 4. The highest BCUT2D eigenvalue weighted by atomic mass is 127. The number of aliphatic imine (C=N–C) groups is 1. The molecule has 0 amide bonds. The van der Waals surface area contributed by atoms with Crippen LogP contribution in [0.2, 0.25) is 0 Å². The number of likely N-dealkylation sites (tertiary alicyclic amines) is 1. The van der Waals surface area contributed by atoms with Gasteiger partial charge in [-0.05, 0) is 31.7 Å². The first-order chi connectivity index (χ1) is 13.2. The first-order valence-electron chi connectivity index (χ1n) is 10.4. The summed E-state index contributed by atoms with van der Waals surface area (Å²) >= 11 is 0. The lowest BCUT2D eigenvalue weighted by Crippen LogP contribution is -2.50. The molecule has 0 radical (unpaired) electrons. The minimum atomic E-state index is -4.13. The van der Waals surface area contributed by atoms with Crippen LogP contribution < -0.4 is 10.6 Å². The number of nitrogens with one attached hydrogen (secondary N) is 2. The average molecular weight is 535 g/mol. The van der Waals surface area contributed by atoms with Crippen LogP contribution in [0.25, 0.3) is 0 Å². The van der Waals surface area contributed by atoms with Gasteiger partial charge in [0, 0.05) is 45.8 Å². The molecular weight excluding hydrogens is 498 g/mol. The quantitative estimate of drug-likeness (QED) is 0.284. The predicted molar refractivity (Wildman–Crippen MR) is 121 cm³/mol. The Morgan fingerprint density at radius 2 is 1.93 bits per heavy atom. The molecular formula is C19H37F3IN5O. The second kappa shape index (κ2) is 13.2. The fraction of sp³-hybridized carbons (Fsp3) is 0.947.